The number of aliphatic hydroxyl groups excluding tert-OH is 1. The molecule has 7 nitrogen and oxygen atoms in total. The first kappa shape index (κ1) is 25.4. The zero-order chi connectivity index (χ0) is 25.3. The van der Waals surface area contributed by atoms with Crippen LogP contribution in [0.3, 0.4) is 0 Å². The Kier molecular flexibility index (Phi) is 7.18. The van der Waals surface area contributed by atoms with Gasteiger partial charge in [-0.25, -0.2) is 8.42 Å². The van der Waals surface area contributed by atoms with Gasteiger partial charge in [-0.15, -0.1) is 0 Å². The summed E-state index contributed by atoms with van der Waals surface area (Å²) >= 11 is 0. The second-order valence-corrected chi connectivity index (χ2v) is 10.1. The van der Waals surface area contributed by atoms with Gasteiger partial charge in [0.05, 0.1) is 28.4 Å². The van der Waals surface area contributed by atoms with Gasteiger partial charge >= 0.3 is 11.7 Å². The Balaban J connectivity index is 2.14. The normalized spacial score (nSPS) is 13.2. The van der Waals surface area contributed by atoms with Crippen LogP contribution >= 0.6 is 0 Å². The summed E-state index contributed by atoms with van der Waals surface area (Å²) in [6.45, 7) is 3.27. The highest BCUT2D eigenvalue weighted by Crippen LogP contribution is 2.31. The van der Waals surface area contributed by atoms with Crippen LogP contribution in [0.25, 0.3) is 16.8 Å². The minimum Gasteiger partial charge on any atom is -0.485 e. The SMILES string of the molecule is CC(C)C(O)COc1c(-c2ccc(S(C)(=O)=O)cc2)cnn(-c2cccc(C(F)(F)F)c2)c1=O. The van der Waals surface area contributed by atoms with Crippen LogP contribution in [0.1, 0.15) is 19.4 Å². The molecule has 2 aromatic carbocycles. The smallest absolute Gasteiger partial charge is 0.416 e. The summed E-state index contributed by atoms with van der Waals surface area (Å²) < 4.78 is 69.3. The molecule has 3 rings (SSSR count). The zero-order valence-electron chi connectivity index (χ0n) is 18.6. The number of nitrogens with zero attached hydrogens (tertiary/aromatic N) is 2. The van der Waals surface area contributed by atoms with Gasteiger partial charge < -0.3 is 9.84 Å². The van der Waals surface area contributed by atoms with E-state index in [4.69, 9.17) is 4.74 Å². The predicted molar refractivity (Wildman–Crippen MR) is 120 cm³/mol. The topological polar surface area (TPSA) is 98.5 Å². The highest BCUT2D eigenvalue weighted by Gasteiger charge is 2.31. The maximum Gasteiger partial charge on any atom is 0.416 e. The van der Waals surface area contributed by atoms with E-state index in [9.17, 15) is 31.5 Å². The Hall–Kier alpha value is -3.18. The van der Waals surface area contributed by atoms with Crippen LogP contribution in [-0.4, -0.2) is 42.3 Å². The third-order valence-electron chi connectivity index (χ3n) is 5.11. The van der Waals surface area contributed by atoms with Crippen LogP contribution in [0, 0.1) is 5.92 Å². The summed E-state index contributed by atoms with van der Waals surface area (Å²) in [7, 11) is -3.45. The number of aliphatic hydroxyl groups is 1. The highest BCUT2D eigenvalue weighted by molar-refractivity contribution is 7.90. The maximum atomic E-state index is 13.2. The third-order valence-corrected chi connectivity index (χ3v) is 6.24. The van der Waals surface area contributed by atoms with Crippen molar-refractivity contribution in [1.82, 2.24) is 9.78 Å². The van der Waals surface area contributed by atoms with Crippen LogP contribution in [-0.2, 0) is 16.0 Å². The minimum atomic E-state index is -4.61. The molecule has 3 aromatic rings. The van der Waals surface area contributed by atoms with Gasteiger partial charge in [0.25, 0.3) is 0 Å². The lowest BCUT2D eigenvalue weighted by atomic mass is 10.1. The van der Waals surface area contributed by atoms with Crippen molar-refractivity contribution in [1.29, 1.82) is 0 Å². The average molecular weight is 497 g/mol. The first-order valence-electron chi connectivity index (χ1n) is 10.2. The fourth-order valence-electron chi connectivity index (χ4n) is 3.02. The van der Waals surface area contributed by atoms with Crippen LogP contribution in [0.2, 0.25) is 0 Å². The molecule has 11 heteroatoms. The highest BCUT2D eigenvalue weighted by atomic mass is 32.2. The molecule has 34 heavy (non-hydrogen) atoms. The van der Waals surface area contributed by atoms with E-state index < -0.39 is 33.2 Å². The fraction of sp³-hybridized carbons (Fsp3) is 0.304. The molecule has 0 radical (unpaired) electrons. The molecule has 182 valence electrons. The number of ether oxygens (including phenoxy) is 1. The monoisotopic (exact) mass is 496 g/mol. The lowest BCUT2D eigenvalue weighted by molar-refractivity contribution is -0.137. The summed E-state index contributed by atoms with van der Waals surface area (Å²) in [5, 5.41) is 14.2. The molecule has 0 amide bonds. The zero-order valence-corrected chi connectivity index (χ0v) is 19.4. The maximum absolute atomic E-state index is 13.2. The van der Waals surface area contributed by atoms with E-state index in [0.717, 1.165) is 29.1 Å². The number of halogens is 3. The molecule has 0 aliphatic carbocycles. The first-order chi connectivity index (χ1) is 15.8. The minimum absolute atomic E-state index is 0.0687. The van der Waals surface area contributed by atoms with Gasteiger partial charge in [0.1, 0.15) is 6.61 Å². The number of alkyl halides is 3. The molecule has 0 saturated heterocycles. The molecule has 0 aliphatic rings. The Labute approximate surface area is 194 Å². The van der Waals surface area contributed by atoms with Gasteiger partial charge in [0.15, 0.2) is 15.6 Å². The summed E-state index contributed by atoms with van der Waals surface area (Å²) in [4.78, 5) is 13.3. The van der Waals surface area contributed by atoms with Crippen molar-refractivity contribution < 1.29 is 31.4 Å². The van der Waals surface area contributed by atoms with E-state index in [1.807, 2.05) is 0 Å². The molecule has 1 aromatic heterocycles. The second kappa shape index (κ2) is 9.59. The van der Waals surface area contributed by atoms with Crippen LogP contribution in [0.5, 0.6) is 5.75 Å². The van der Waals surface area contributed by atoms with E-state index in [-0.39, 0.29) is 34.4 Å². The van der Waals surface area contributed by atoms with E-state index in [2.05, 4.69) is 5.10 Å². The number of sulfone groups is 1. The Bertz CT molecular complexity index is 1330. The van der Waals surface area contributed by atoms with Gasteiger partial charge in [0.2, 0.25) is 0 Å². The molecule has 0 fully saturated rings. The molecule has 1 atom stereocenters. The fourth-order valence-corrected chi connectivity index (χ4v) is 3.65. The molecule has 1 N–H and O–H groups in total. The molecular formula is C23H23F3N2O5S. The summed E-state index contributed by atoms with van der Waals surface area (Å²) in [5.41, 5.74) is -1.30. The molecule has 1 unspecified atom stereocenters. The number of rotatable bonds is 7. The molecule has 0 bridgehead atoms. The van der Waals surface area contributed by atoms with Gasteiger partial charge in [-0.05, 0) is 41.8 Å². The second-order valence-electron chi connectivity index (χ2n) is 8.07. The first-order valence-corrected chi connectivity index (χ1v) is 12.1. The Morgan fingerprint density at radius 2 is 1.76 bits per heavy atom. The van der Waals surface area contributed by atoms with Gasteiger partial charge in [-0.1, -0.05) is 32.0 Å². The average Bonchev–Trinajstić information content (AvgIpc) is 2.76. The van der Waals surface area contributed by atoms with Crippen LogP contribution in [0.4, 0.5) is 13.2 Å². The third kappa shape index (κ3) is 5.65. The molecule has 0 spiro atoms. The molecule has 0 saturated carbocycles. The van der Waals surface area contributed by atoms with Crippen molar-refractivity contribution in [2.24, 2.45) is 5.92 Å². The van der Waals surface area contributed by atoms with Crippen LogP contribution in [0.15, 0.2) is 64.4 Å². The lowest BCUT2D eigenvalue weighted by Gasteiger charge is -2.18. The van der Waals surface area contributed by atoms with Gasteiger partial charge in [-0.3, -0.25) is 4.79 Å². The van der Waals surface area contributed by atoms with Crippen molar-refractivity contribution in [3.05, 3.63) is 70.6 Å². The van der Waals surface area contributed by atoms with Crippen molar-refractivity contribution >= 4 is 9.84 Å². The van der Waals surface area contributed by atoms with Crippen LogP contribution < -0.4 is 10.3 Å². The summed E-state index contributed by atoms with van der Waals surface area (Å²) in [6.07, 6.45) is -3.22. The van der Waals surface area contributed by atoms with E-state index in [1.165, 1.54) is 36.5 Å². The molecule has 1 heterocycles. The van der Waals surface area contributed by atoms with Crippen molar-refractivity contribution in [2.45, 2.75) is 31.0 Å². The summed E-state index contributed by atoms with van der Waals surface area (Å²) in [6, 6.07) is 9.78. The number of hydrogen-bond donors (Lipinski definition) is 1. The quantitative estimate of drug-likeness (QED) is 0.536. The van der Waals surface area contributed by atoms with Crippen molar-refractivity contribution in [3.63, 3.8) is 0 Å². The lowest BCUT2D eigenvalue weighted by Crippen LogP contribution is -2.28. The molecular weight excluding hydrogens is 473 g/mol. The van der Waals surface area contributed by atoms with E-state index >= 15 is 0 Å². The van der Waals surface area contributed by atoms with Gasteiger partial charge in [-0.2, -0.15) is 23.0 Å². The molecule has 0 aliphatic heterocycles. The van der Waals surface area contributed by atoms with Crippen molar-refractivity contribution in [3.8, 4) is 22.6 Å². The van der Waals surface area contributed by atoms with Gasteiger partial charge in [0, 0.05) is 11.8 Å². The summed E-state index contributed by atoms with van der Waals surface area (Å²) in [5.74, 6) is -0.413. The Morgan fingerprint density at radius 1 is 1.12 bits per heavy atom. The predicted octanol–water partition coefficient (Wildman–Crippen LogP) is 3.72. The standard InChI is InChI=1S/C23H23F3N2O5S/c1-14(2)20(29)13-33-21-19(15-7-9-18(10-8-15)34(3,31)32)12-27-28(22(21)30)17-6-4-5-16(11-17)23(24,25)26/h4-12,14,20,29H,13H2,1-3H3. The number of aromatic nitrogens is 2. The number of hydrogen-bond acceptors (Lipinski definition) is 6. The van der Waals surface area contributed by atoms with E-state index in [0.29, 0.717) is 5.56 Å². The van der Waals surface area contributed by atoms with Crippen molar-refractivity contribution in [2.75, 3.05) is 12.9 Å². The Morgan fingerprint density at radius 3 is 2.32 bits per heavy atom. The largest absolute Gasteiger partial charge is 0.485 e. The van der Waals surface area contributed by atoms with E-state index in [1.54, 1.807) is 13.8 Å². The number of benzene rings is 2.